The first-order chi connectivity index (χ1) is 12.8. The Morgan fingerprint density at radius 2 is 1.96 bits per heavy atom. The van der Waals surface area contributed by atoms with Crippen LogP contribution >= 0.6 is 0 Å². The van der Waals surface area contributed by atoms with Gasteiger partial charge in [-0.05, 0) is 43.5 Å². The standard InChI is InChI=1S/C20H26FN3O3/c1-13(2)8-10-22-18(26)12-24-19(15-4-6-16(21)7-5-15)23-14(3)17(9-11-25)20(24)27/h4-7,13,25H,8-12H2,1-3H3,(H,22,26). The molecule has 0 spiro atoms. The fourth-order valence-corrected chi connectivity index (χ4v) is 2.77. The highest BCUT2D eigenvalue weighted by Gasteiger charge is 2.17. The van der Waals surface area contributed by atoms with Crippen molar-refractivity contribution in [1.29, 1.82) is 0 Å². The van der Waals surface area contributed by atoms with E-state index in [2.05, 4.69) is 24.1 Å². The van der Waals surface area contributed by atoms with E-state index in [0.717, 1.165) is 6.42 Å². The largest absolute Gasteiger partial charge is 0.396 e. The summed E-state index contributed by atoms with van der Waals surface area (Å²) >= 11 is 0. The molecule has 0 saturated heterocycles. The maximum Gasteiger partial charge on any atom is 0.257 e. The maximum absolute atomic E-state index is 13.3. The fourth-order valence-electron chi connectivity index (χ4n) is 2.77. The zero-order valence-corrected chi connectivity index (χ0v) is 16.0. The van der Waals surface area contributed by atoms with Crippen molar-refractivity contribution < 1.29 is 14.3 Å². The number of nitrogens with zero attached hydrogens (tertiary/aromatic N) is 2. The summed E-state index contributed by atoms with van der Waals surface area (Å²) in [4.78, 5) is 29.7. The lowest BCUT2D eigenvalue weighted by Crippen LogP contribution is -2.36. The van der Waals surface area contributed by atoms with Crippen molar-refractivity contribution in [2.45, 2.75) is 40.2 Å². The molecule has 0 atom stereocenters. The van der Waals surface area contributed by atoms with E-state index >= 15 is 0 Å². The SMILES string of the molecule is Cc1nc(-c2ccc(F)cc2)n(CC(=O)NCCC(C)C)c(=O)c1CCO. The highest BCUT2D eigenvalue weighted by molar-refractivity contribution is 5.76. The molecule has 2 rings (SSSR count). The summed E-state index contributed by atoms with van der Waals surface area (Å²) < 4.78 is 14.5. The molecule has 1 amide bonds. The number of hydrogen-bond acceptors (Lipinski definition) is 4. The zero-order valence-electron chi connectivity index (χ0n) is 16.0. The molecule has 7 heteroatoms. The third kappa shape index (κ3) is 5.47. The van der Waals surface area contributed by atoms with Gasteiger partial charge in [-0.3, -0.25) is 14.2 Å². The molecule has 0 aliphatic carbocycles. The first kappa shape index (κ1) is 20.8. The number of benzene rings is 1. The molecule has 2 aromatic rings. The molecule has 0 saturated carbocycles. The Kier molecular flexibility index (Phi) is 7.24. The molecule has 0 aliphatic heterocycles. The van der Waals surface area contributed by atoms with Crippen LogP contribution < -0.4 is 10.9 Å². The number of aryl methyl sites for hydroxylation is 1. The molecule has 27 heavy (non-hydrogen) atoms. The van der Waals surface area contributed by atoms with Crippen molar-refractivity contribution in [2.24, 2.45) is 5.92 Å². The van der Waals surface area contributed by atoms with E-state index < -0.39 is 5.82 Å². The average Bonchev–Trinajstić information content (AvgIpc) is 2.61. The molecule has 0 radical (unpaired) electrons. The lowest BCUT2D eigenvalue weighted by Gasteiger charge is -2.16. The number of carbonyl (C=O) groups excluding carboxylic acids is 1. The second-order valence-electron chi connectivity index (χ2n) is 6.90. The monoisotopic (exact) mass is 375 g/mol. The summed E-state index contributed by atoms with van der Waals surface area (Å²) in [5.74, 6) is 0.0765. The van der Waals surface area contributed by atoms with Crippen molar-refractivity contribution in [2.75, 3.05) is 13.2 Å². The molecule has 1 heterocycles. The van der Waals surface area contributed by atoms with Crippen molar-refractivity contribution in [3.8, 4) is 11.4 Å². The smallest absolute Gasteiger partial charge is 0.257 e. The van der Waals surface area contributed by atoms with Crippen LogP contribution in [0.15, 0.2) is 29.1 Å². The Morgan fingerprint density at radius 1 is 1.30 bits per heavy atom. The Bertz CT molecular complexity index is 845. The third-order valence-corrected chi connectivity index (χ3v) is 4.28. The molecule has 1 aromatic heterocycles. The number of aliphatic hydroxyl groups is 1. The number of rotatable bonds is 8. The van der Waals surface area contributed by atoms with Crippen LogP contribution in [0.4, 0.5) is 4.39 Å². The topological polar surface area (TPSA) is 84.2 Å². The van der Waals surface area contributed by atoms with Crippen molar-refractivity contribution in [1.82, 2.24) is 14.9 Å². The van der Waals surface area contributed by atoms with Gasteiger partial charge in [-0.25, -0.2) is 9.37 Å². The highest BCUT2D eigenvalue weighted by atomic mass is 19.1. The van der Waals surface area contributed by atoms with Crippen molar-refractivity contribution in [3.05, 3.63) is 51.7 Å². The summed E-state index contributed by atoms with van der Waals surface area (Å²) in [5.41, 5.74) is 1.04. The van der Waals surface area contributed by atoms with Crippen LogP contribution in [-0.4, -0.2) is 33.7 Å². The lowest BCUT2D eigenvalue weighted by atomic mass is 10.1. The molecule has 2 N–H and O–H groups in total. The van der Waals surface area contributed by atoms with E-state index in [9.17, 15) is 19.1 Å². The first-order valence-electron chi connectivity index (χ1n) is 9.07. The van der Waals surface area contributed by atoms with Gasteiger partial charge in [0.2, 0.25) is 5.91 Å². The van der Waals surface area contributed by atoms with Crippen LogP contribution in [0.25, 0.3) is 11.4 Å². The third-order valence-electron chi connectivity index (χ3n) is 4.28. The van der Waals surface area contributed by atoms with Gasteiger partial charge in [-0.2, -0.15) is 0 Å². The summed E-state index contributed by atoms with van der Waals surface area (Å²) in [5, 5.41) is 12.0. The average molecular weight is 375 g/mol. The summed E-state index contributed by atoms with van der Waals surface area (Å²) in [7, 11) is 0. The number of nitrogens with one attached hydrogen (secondary N) is 1. The normalized spacial score (nSPS) is 11.0. The van der Waals surface area contributed by atoms with Gasteiger partial charge in [0.05, 0.1) is 0 Å². The second-order valence-corrected chi connectivity index (χ2v) is 6.90. The molecular weight excluding hydrogens is 349 g/mol. The number of amides is 1. The van der Waals surface area contributed by atoms with Gasteiger partial charge in [-0.15, -0.1) is 0 Å². The van der Waals surface area contributed by atoms with Gasteiger partial charge < -0.3 is 10.4 Å². The van der Waals surface area contributed by atoms with E-state index in [1.165, 1.54) is 28.8 Å². The van der Waals surface area contributed by atoms with Gasteiger partial charge >= 0.3 is 0 Å². The second kappa shape index (κ2) is 9.41. The summed E-state index contributed by atoms with van der Waals surface area (Å²) in [6.45, 7) is 5.97. The van der Waals surface area contributed by atoms with Crippen LogP contribution in [-0.2, 0) is 17.8 Å². The molecule has 6 nitrogen and oxygen atoms in total. The predicted molar refractivity (Wildman–Crippen MR) is 102 cm³/mol. The van der Waals surface area contributed by atoms with Gasteiger partial charge in [0.15, 0.2) is 0 Å². The molecular formula is C20H26FN3O3. The summed E-state index contributed by atoms with van der Waals surface area (Å²) in [6, 6.07) is 5.61. The van der Waals surface area contributed by atoms with Crippen molar-refractivity contribution >= 4 is 5.91 Å². The Balaban J connectivity index is 2.42. The highest BCUT2D eigenvalue weighted by Crippen LogP contribution is 2.18. The first-order valence-corrected chi connectivity index (χ1v) is 9.07. The molecule has 0 fully saturated rings. The van der Waals surface area contributed by atoms with E-state index in [0.29, 0.717) is 35.1 Å². The van der Waals surface area contributed by atoms with E-state index in [-0.39, 0.29) is 31.0 Å². The Labute approximate surface area is 158 Å². The Hall–Kier alpha value is -2.54. The number of hydrogen-bond donors (Lipinski definition) is 2. The molecule has 0 unspecified atom stereocenters. The van der Waals surface area contributed by atoms with E-state index in [1.54, 1.807) is 6.92 Å². The minimum absolute atomic E-state index is 0.163. The van der Waals surface area contributed by atoms with Crippen LogP contribution in [0.2, 0.25) is 0 Å². The van der Waals surface area contributed by atoms with Crippen LogP contribution in [0.5, 0.6) is 0 Å². The number of halogens is 1. The quantitative estimate of drug-likeness (QED) is 0.740. The van der Waals surface area contributed by atoms with E-state index in [4.69, 9.17) is 0 Å². The van der Waals surface area contributed by atoms with Crippen LogP contribution in [0.3, 0.4) is 0 Å². The van der Waals surface area contributed by atoms with Crippen molar-refractivity contribution in [3.63, 3.8) is 0 Å². The van der Waals surface area contributed by atoms with Crippen LogP contribution in [0, 0.1) is 18.7 Å². The Morgan fingerprint density at radius 3 is 2.56 bits per heavy atom. The number of aromatic nitrogens is 2. The molecule has 146 valence electrons. The van der Waals surface area contributed by atoms with Crippen LogP contribution in [0.1, 0.15) is 31.5 Å². The minimum atomic E-state index is -0.396. The van der Waals surface area contributed by atoms with Gasteiger partial charge in [-0.1, -0.05) is 13.8 Å². The minimum Gasteiger partial charge on any atom is -0.396 e. The predicted octanol–water partition coefficient (Wildman–Crippen LogP) is 2.05. The number of aliphatic hydroxyl groups excluding tert-OH is 1. The maximum atomic E-state index is 13.3. The lowest BCUT2D eigenvalue weighted by molar-refractivity contribution is -0.121. The zero-order chi connectivity index (χ0) is 20.0. The number of carbonyl (C=O) groups is 1. The van der Waals surface area contributed by atoms with E-state index in [1.807, 2.05) is 0 Å². The molecule has 1 aromatic carbocycles. The van der Waals surface area contributed by atoms with Gasteiger partial charge in [0.25, 0.3) is 5.56 Å². The van der Waals surface area contributed by atoms with Gasteiger partial charge in [0.1, 0.15) is 18.2 Å². The summed E-state index contributed by atoms with van der Waals surface area (Å²) in [6.07, 6.45) is 1.00. The van der Waals surface area contributed by atoms with Gasteiger partial charge in [0, 0.05) is 36.4 Å². The molecule has 0 bridgehead atoms. The fraction of sp³-hybridized carbons (Fsp3) is 0.450. The molecule has 0 aliphatic rings.